The lowest BCUT2D eigenvalue weighted by atomic mass is 10.6. The predicted molar refractivity (Wildman–Crippen MR) is 65.7 cm³/mol. The second-order valence-electron chi connectivity index (χ2n) is 2.27. The van der Waals surface area contributed by atoms with Crippen LogP contribution in [0.4, 0.5) is 9.93 Å². The maximum atomic E-state index is 10.5. The minimum Gasteiger partial charge on any atom is -0.370 e. The number of thiazole rings is 1. The topological polar surface area (TPSA) is 120 Å². The zero-order valence-electron chi connectivity index (χ0n) is 7.54. The van der Waals surface area contributed by atoms with Crippen LogP contribution in [-0.2, 0) is 5.75 Å². The highest BCUT2D eigenvalue weighted by Gasteiger charge is 2.03. The molecule has 0 aromatic carbocycles. The van der Waals surface area contributed by atoms with Gasteiger partial charge in [-0.2, -0.15) is 4.99 Å². The van der Waals surface area contributed by atoms with Gasteiger partial charge in [0.15, 0.2) is 5.96 Å². The highest BCUT2D eigenvalue weighted by Crippen LogP contribution is 2.21. The quantitative estimate of drug-likeness (QED) is 0.552. The van der Waals surface area contributed by atoms with E-state index in [-0.39, 0.29) is 18.4 Å². The van der Waals surface area contributed by atoms with Crippen molar-refractivity contribution in [2.45, 2.75) is 5.75 Å². The number of thioether (sulfide) groups is 1. The van der Waals surface area contributed by atoms with E-state index in [1.54, 1.807) is 5.38 Å². The molecule has 6 N–H and O–H groups in total. The highest BCUT2D eigenvalue weighted by molar-refractivity contribution is 8.12. The third kappa shape index (κ3) is 5.45. The number of primary amides is 1. The Labute approximate surface area is 101 Å². The molecule has 0 fully saturated rings. The number of aromatic nitrogens is 1. The second-order valence-corrected chi connectivity index (χ2v) is 4.08. The lowest BCUT2D eigenvalue weighted by molar-refractivity contribution is 0.267. The average molecular weight is 268 g/mol. The fourth-order valence-electron chi connectivity index (χ4n) is 0.669. The number of amides is 1. The molecule has 9 heteroatoms. The molecule has 0 aliphatic carbocycles. The summed E-state index contributed by atoms with van der Waals surface area (Å²) in [7, 11) is 0. The Balaban J connectivity index is 0.00000196. The summed E-state index contributed by atoms with van der Waals surface area (Å²) in [6.07, 6.45) is 0. The Hall–Kier alpha value is -0.990. The van der Waals surface area contributed by atoms with Crippen molar-refractivity contribution in [1.29, 1.82) is 0 Å². The number of nitrogens with two attached hydrogens (primary N) is 3. The summed E-state index contributed by atoms with van der Waals surface area (Å²) in [5.41, 5.74) is 16.0. The molecule has 0 atom stereocenters. The van der Waals surface area contributed by atoms with Crippen LogP contribution in [0.1, 0.15) is 5.69 Å². The van der Waals surface area contributed by atoms with E-state index in [1.807, 2.05) is 0 Å². The second kappa shape index (κ2) is 6.49. The standard InChI is InChI=1S/C6H9N5OS2.ClH/c7-4(8)11-6-10-3(2-14-6)1-13-5(9)12;/h2H,1H2,(H2,9,12)(H4,7,8,10,11);1H. The van der Waals surface area contributed by atoms with Gasteiger partial charge in [-0.1, -0.05) is 11.8 Å². The number of halogens is 1. The minimum atomic E-state index is -0.429. The van der Waals surface area contributed by atoms with Crippen molar-refractivity contribution in [1.82, 2.24) is 4.98 Å². The van der Waals surface area contributed by atoms with Gasteiger partial charge in [0.05, 0.1) is 5.69 Å². The van der Waals surface area contributed by atoms with E-state index >= 15 is 0 Å². The Morgan fingerprint density at radius 2 is 2.20 bits per heavy atom. The molecule has 15 heavy (non-hydrogen) atoms. The van der Waals surface area contributed by atoms with Crippen LogP contribution in [-0.4, -0.2) is 16.2 Å². The maximum absolute atomic E-state index is 10.5. The van der Waals surface area contributed by atoms with E-state index in [9.17, 15) is 4.79 Å². The van der Waals surface area contributed by atoms with Gasteiger partial charge in [0.2, 0.25) is 5.13 Å². The third-order valence-electron chi connectivity index (χ3n) is 1.13. The van der Waals surface area contributed by atoms with E-state index in [2.05, 4.69) is 9.98 Å². The zero-order chi connectivity index (χ0) is 10.6. The summed E-state index contributed by atoms with van der Waals surface area (Å²) in [5, 5.41) is 1.82. The number of aliphatic imine (C=N–C) groups is 1. The number of hydrogen-bond acceptors (Lipinski definition) is 5. The molecule has 0 aliphatic heterocycles. The smallest absolute Gasteiger partial charge is 0.276 e. The minimum absolute atomic E-state index is 0. The van der Waals surface area contributed by atoms with Crippen LogP contribution < -0.4 is 17.2 Å². The van der Waals surface area contributed by atoms with E-state index in [0.717, 1.165) is 17.5 Å². The number of nitrogens with zero attached hydrogens (tertiary/aromatic N) is 2. The summed E-state index contributed by atoms with van der Waals surface area (Å²) < 4.78 is 0. The monoisotopic (exact) mass is 267 g/mol. The van der Waals surface area contributed by atoms with E-state index in [1.165, 1.54) is 11.3 Å². The van der Waals surface area contributed by atoms with Gasteiger partial charge in [-0.25, -0.2) is 4.98 Å². The van der Waals surface area contributed by atoms with Crippen molar-refractivity contribution >= 4 is 51.8 Å². The summed E-state index contributed by atoms with van der Waals surface area (Å²) >= 11 is 2.29. The molecule has 1 amide bonds. The SMILES string of the molecule is Cl.NC(=O)SCc1csc(N=C(N)N)n1. The number of guanidine groups is 1. The van der Waals surface area contributed by atoms with Gasteiger partial charge in [-0.15, -0.1) is 23.7 Å². The van der Waals surface area contributed by atoms with Crippen LogP contribution in [0.5, 0.6) is 0 Å². The molecule has 1 rings (SSSR count). The molecule has 1 aromatic heterocycles. The van der Waals surface area contributed by atoms with E-state index < -0.39 is 5.24 Å². The molecular formula is C6H10ClN5OS2. The fraction of sp³-hybridized carbons (Fsp3) is 0.167. The molecule has 0 aliphatic rings. The van der Waals surface area contributed by atoms with Crippen LogP contribution in [0.25, 0.3) is 0 Å². The van der Waals surface area contributed by atoms with Gasteiger partial charge in [0.1, 0.15) is 0 Å². The van der Waals surface area contributed by atoms with Crippen LogP contribution in [0.15, 0.2) is 10.4 Å². The molecular weight excluding hydrogens is 258 g/mol. The van der Waals surface area contributed by atoms with Gasteiger partial charge in [0, 0.05) is 11.1 Å². The van der Waals surface area contributed by atoms with Gasteiger partial charge in [0.25, 0.3) is 5.24 Å². The first-order valence-corrected chi connectivity index (χ1v) is 5.40. The first-order valence-electron chi connectivity index (χ1n) is 3.54. The molecule has 84 valence electrons. The van der Waals surface area contributed by atoms with Crippen molar-refractivity contribution in [3.05, 3.63) is 11.1 Å². The van der Waals surface area contributed by atoms with E-state index in [4.69, 9.17) is 17.2 Å². The fourth-order valence-corrected chi connectivity index (χ4v) is 1.92. The van der Waals surface area contributed by atoms with Gasteiger partial charge < -0.3 is 17.2 Å². The maximum Gasteiger partial charge on any atom is 0.276 e. The Bertz CT molecular complexity index is 362. The highest BCUT2D eigenvalue weighted by atomic mass is 35.5. The lowest BCUT2D eigenvalue weighted by Gasteiger charge is -1.90. The first kappa shape index (κ1) is 14.0. The molecule has 0 saturated carbocycles. The summed E-state index contributed by atoms with van der Waals surface area (Å²) in [5.74, 6) is 0.403. The van der Waals surface area contributed by atoms with Gasteiger partial charge >= 0.3 is 0 Å². The Kier molecular flexibility index (Phi) is 6.06. The van der Waals surface area contributed by atoms with Crippen LogP contribution in [0.3, 0.4) is 0 Å². The summed E-state index contributed by atoms with van der Waals surface area (Å²) in [6, 6.07) is 0. The Morgan fingerprint density at radius 1 is 1.53 bits per heavy atom. The first-order chi connectivity index (χ1) is 6.58. The van der Waals surface area contributed by atoms with Gasteiger partial charge in [-0.3, -0.25) is 4.79 Å². The molecule has 1 heterocycles. The molecule has 0 saturated heterocycles. The van der Waals surface area contributed by atoms with Gasteiger partial charge in [-0.05, 0) is 0 Å². The van der Waals surface area contributed by atoms with E-state index in [0.29, 0.717) is 10.9 Å². The van der Waals surface area contributed by atoms with Crippen molar-refractivity contribution < 1.29 is 4.79 Å². The number of rotatable bonds is 3. The molecule has 0 spiro atoms. The molecule has 0 unspecified atom stereocenters. The Morgan fingerprint density at radius 3 is 2.73 bits per heavy atom. The average Bonchev–Trinajstić information content (AvgIpc) is 2.47. The molecule has 6 nitrogen and oxygen atoms in total. The molecule has 0 bridgehead atoms. The van der Waals surface area contributed by atoms with Crippen molar-refractivity contribution in [2.75, 3.05) is 0 Å². The van der Waals surface area contributed by atoms with Crippen molar-refractivity contribution in [2.24, 2.45) is 22.2 Å². The van der Waals surface area contributed by atoms with Crippen LogP contribution in [0, 0.1) is 0 Å². The number of carbonyl (C=O) groups excluding carboxylic acids is 1. The summed E-state index contributed by atoms with van der Waals surface area (Å²) in [4.78, 5) is 18.3. The number of hydrogen-bond donors (Lipinski definition) is 3. The van der Waals surface area contributed by atoms with Crippen LogP contribution in [0.2, 0.25) is 0 Å². The largest absolute Gasteiger partial charge is 0.370 e. The molecule has 0 radical (unpaired) electrons. The van der Waals surface area contributed by atoms with Crippen molar-refractivity contribution in [3.8, 4) is 0 Å². The van der Waals surface area contributed by atoms with Crippen molar-refractivity contribution in [3.63, 3.8) is 0 Å². The third-order valence-corrected chi connectivity index (χ3v) is 2.63. The predicted octanol–water partition coefficient (Wildman–Crippen LogP) is 0.782. The summed E-state index contributed by atoms with van der Waals surface area (Å²) in [6.45, 7) is 0. The molecule has 1 aromatic rings. The zero-order valence-corrected chi connectivity index (χ0v) is 9.99. The lowest BCUT2D eigenvalue weighted by Crippen LogP contribution is -2.21. The van der Waals surface area contributed by atoms with Crippen LogP contribution >= 0.6 is 35.5 Å². The number of carbonyl (C=O) groups is 1. The normalized spacial score (nSPS) is 9.07.